The minimum Gasteiger partial charge on any atom is -0.497 e. The van der Waals surface area contributed by atoms with Crippen molar-refractivity contribution in [1.82, 2.24) is 4.90 Å². The maximum absolute atomic E-state index is 11.4. The molecule has 2 aromatic rings. The number of ether oxygens (including phenoxy) is 1. The highest BCUT2D eigenvalue weighted by atomic mass is 35.5. The van der Waals surface area contributed by atoms with Crippen LogP contribution >= 0.6 is 11.6 Å². The molecule has 28 heavy (non-hydrogen) atoms. The molecule has 1 fully saturated rings. The third kappa shape index (κ3) is 5.63. The number of methoxy groups -OCH3 is 1. The van der Waals surface area contributed by atoms with Crippen molar-refractivity contribution in [2.24, 2.45) is 0 Å². The lowest BCUT2D eigenvalue weighted by molar-refractivity contribution is -0.139. The van der Waals surface area contributed by atoms with Crippen LogP contribution in [-0.4, -0.2) is 55.3 Å². The Bertz CT molecular complexity index is 791. The van der Waals surface area contributed by atoms with E-state index in [0.29, 0.717) is 5.02 Å². The SMILES string of the molecule is COc1cccc(N2CCC(N(CCc3cccc(Cl)c3)CC(=O)O)CC2)c1. The summed E-state index contributed by atoms with van der Waals surface area (Å²) >= 11 is 6.07. The van der Waals surface area contributed by atoms with Gasteiger partial charge in [0.25, 0.3) is 0 Å². The fourth-order valence-corrected chi connectivity index (χ4v) is 4.04. The Balaban J connectivity index is 1.60. The van der Waals surface area contributed by atoms with Crippen molar-refractivity contribution in [2.45, 2.75) is 25.3 Å². The molecule has 0 saturated carbocycles. The third-order valence-electron chi connectivity index (χ3n) is 5.31. The third-order valence-corrected chi connectivity index (χ3v) is 5.55. The molecule has 1 heterocycles. The molecular weight excluding hydrogens is 376 g/mol. The Hall–Kier alpha value is -2.24. The van der Waals surface area contributed by atoms with Gasteiger partial charge in [-0.25, -0.2) is 0 Å². The summed E-state index contributed by atoms with van der Waals surface area (Å²) in [6, 6.07) is 16.1. The zero-order valence-corrected chi connectivity index (χ0v) is 16.9. The summed E-state index contributed by atoms with van der Waals surface area (Å²) in [4.78, 5) is 15.8. The number of carbonyl (C=O) groups is 1. The van der Waals surface area contributed by atoms with E-state index in [1.165, 1.54) is 0 Å². The predicted octanol–water partition coefficient (Wildman–Crippen LogP) is 3.95. The lowest BCUT2D eigenvalue weighted by Crippen LogP contribution is -2.47. The maximum Gasteiger partial charge on any atom is 0.317 e. The number of aliphatic carboxylic acids is 1. The van der Waals surface area contributed by atoms with Gasteiger partial charge in [-0.2, -0.15) is 0 Å². The number of anilines is 1. The topological polar surface area (TPSA) is 53.0 Å². The van der Waals surface area contributed by atoms with Crippen molar-refractivity contribution in [3.63, 3.8) is 0 Å². The predicted molar refractivity (Wildman–Crippen MR) is 113 cm³/mol. The zero-order chi connectivity index (χ0) is 19.9. The summed E-state index contributed by atoms with van der Waals surface area (Å²) in [7, 11) is 1.68. The minimum atomic E-state index is -0.777. The molecule has 1 N–H and O–H groups in total. The van der Waals surface area contributed by atoms with Crippen LogP contribution in [0.4, 0.5) is 5.69 Å². The van der Waals surface area contributed by atoms with E-state index in [9.17, 15) is 9.90 Å². The fourth-order valence-electron chi connectivity index (χ4n) is 3.83. The first-order valence-corrected chi connectivity index (χ1v) is 10.0. The zero-order valence-electron chi connectivity index (χ0n) is 16.2. The van der Waals surface area contributed by atoms with Crippen molar-refractivity contribution in [2.75, 3.05) is 38.2 Å². The number of nitrogens with zero attached hydrogens (tertiary/aromatic N) is 2. The van der Waals surface area contributed by atoms with Crippen molar-refractivity contribution < 1.29 is 14.6 Å². The Morgan fingerprint density at radius 3 is 2.64 bits per heavy atom. The first-order valence-electron chi connectivity index (χ1n) is 9.64. The first-order chi connectivity index (χ1) is 13.5. The van der Waals surface area contributed by atoms with Crippen molar-refractivity contribution in [3.8, 4) is 5.75 Å². The van der Waals surface area contributed by atoms with E-state index in [1.807, 2.05) is 36.4 Å². The number of carboxylic acid groups (broad SMARTS) is 1. The Morgan fingerprint density at radius 1 is 1.21 bits per heavy atom. The Labute approximate surface area is 171 Å². The van der Waals surface area contributed by atoms with Gasteiger partial charge in [0.15, 0.2) is 0 Å². The lowest BCUT2D eigenvalue weighted by Gasteiger charge is -2.39. The summed E-state index contributed by atoms with van der Waals surface area (Å²) in [5, 5.41) is 10.1. The highest BCUT2D eigenvalue weighted by molar-refractivity contribution is 6.30. The van der Waals surface area contributed by atoms with Gasteiger partial charge in [-0.3, -0.25) is 9.69 Å². The quantitative estimate of drug-likeness (QED) is 0.724. The van der Waals surface area contributed by atoms with Gasteiger partial charge in [0.05, 0.1) is 13.7 Å². The van der Waals surface area contributed by atoms with Crippen LogP contribution in [0.1, 0.15) is 18.4 Å². The van der Waals surface area contributed by atoms with Gasteiger partial charge < -0.3 is 14.7 Å². The second-order valence-electron chi connectivity index (χ2n) is 7.16. The number of rotatable bonds is 8. The monoisotopic (exact) mass is 402 g/mol. The highest BCUT2D eigenvalue weighted by Gasteiger charge is 2.26. The molecule has 0 atom stereocenters. The van der Waals surface area contributed by atoms with Crippen LogP contribution in [-0.2, 0) is 11.2 Å². The molecule has 5 nitrogen and oxygen atoms in total. The van der Waals surface area contributed by atoms with Crippen LogP contribution in [0.3, 0.4) is 0 Å². The largest absolute Gasteiger partial charge is 0.497 e. The van der Waals surface area contributed by atoms with E-state index in [-0.39, 0.29) is 12.6 Å². The molecule has 0 radical (unpaired) electrons. The van der Waals surface area contributed by atoms with Crippen LogP contribution < -0.4 is 9.64 Å². The van der Waals surface area contributed by atoms with Gasteiger partial charge in [-0.1, -0.05) is 29.8 Å². The average Bonchev–Trinajstić information content (AvgIpc) is 2.71. The van der Waals surface area contributed by atoms with E-state index in [0.717, 1.165) is 55.9 Å². The standard InChI is InChI=1S/C22H27ClN2O3/c1-28-21-7-3-6-20(15-21)24-12-9-19(10-13-24)25(16-22(26)27)11-8-17-4-2-5-18(23)14-17/h2-7,14-15,19H,8-13,16H2,1H3,(H,26,27). The normalized spacial score (nSPS) is 15.0. The van der Waals surface area contributed by atoms with Gasteiger partial charge in [-0.05, 0) is 49.1 Å². The van der Waals surface area contributed by atoms with E-state index in [2.05, 4.69) is 21.9 Å². The second kappa shape index (κ2) is 9.80. The summed E-state index contributed by atoms with van der Waals surface area (Å²) in [6.07, 6.45) is 2.68. The van der Waals surface area contributed by atoms with Crippen LogP contribution in [0.15, 0.2) is 48.5 Å². The van der Waals surface area contributed by atoms with Crippen molar-refractivity contribution in [1.29, 1.82) is 0 Å². The number of hydrogen-bond acceptors (Lipinski definition) is 4. The molecule has 1 aliphatic rings. The lowest BCUT2D eigenvalue weighted by atomic mass is 10.0. The number of halogens is 1. The molecule has 0 unspecified atom stereocenters. The van der Waals surface area contributed by atoms with Gasteiger partial charge in [0.2, 0.25) is 0 Å². The molecular formula is C22H27ClN2O3. The molecule has 0 aliphatic carbocycles. The summed E-state index contributed by atoms with van der Waals surface area (Å²) in [5.74, 6) is 0.0787. The van der Waals surface area contributed by atoms with Gasteiger partial charge in [0.1, 0.15) is 5.75 Å². The van der Waals surface area contributed by atoms with Crippen LogP contribution in [0.25, 0.3) is 0 Å². The van der Waals surface area contributed by atoms with E-state index in [4.69, 9.17) is 16.3 Å². The molecule has 150 valence electrons. The van der Waals surface area contributed by atoms with Crippen molar-refractivity contribution in [3.05, 3.63) is 59.1 Å². The van der Waals surface area contributed by atoms with Crippen molar-refractivity contribution >= 4 is 23.3 Å². The van der Waals surface area contributed by atoms with E-state index in [1.54, 1.807) is 7.11 Å². The fraction of sp³-hybridized carbons (Fsp3) is 0.409. The molecule has 0 aromatic heterocycles. The summed E-state index contributed by atoms with van der Waals surface area (Å²) in [6.45, 7) is 2.61. The number of piperidine rings is 1. The summed E-state index contributed by atoms with van der Waals surface area (Å²) < 4.78 is 5.32. The molecule has 1 saturated heterocycles. The van der Waals surface area contributed by atoms with Gasteiger partial charge >= 0.3 is 5.97 Å². The molecule has 6 heteroatoms. The highest BCUT2D eigenvalue weighted by Crippen LogP contribution is 2.26. The van der Waals surface area contributed by atoms with E-state index < -0.39 is 5.97 Å². The number of benzene rings is 2. The summed E-state index contributed by atoms with van der Waals surface area (Å²) in [5.41, 5.74) is 2.29. The van der Waals surface area contributed by atoms with Crippen LogP contribution in [0.5, 0.6) is 5.75 Å². The smallest absolute Gasteiger partial charge is 0.317 e. The number of hydrogen-bond donors (Lipinski definition) is 1. The Morgan fingerprint density at radius 2 is 1.96 bits per heavy atom. The van der Waals surface area contributed by atoms with Gasteiger partial charge in [-0.15, -0.1) is 0 Å². The molecule has 2 aromatic carbocycles. The maximum atomic E-state index is 11.4. The molecule has 0 bridgehead atoms. The number of carboxylic acids is 1. The molecule has 0 amide bonds. The average molecular weight is 403 g/mol. The molecule has 1 aliphatic heterocycles. The molecule has 0 spiro atoms. The minimum absolute atomic E-state index is 0.0738. The van der Waals surface area contributed by atoms with Crippen LogP contribution in [0, 0.1) is 0 Å². The van der Waals surface area contributed by atoms with E-state index >= 15 is 0 Å². The first kappa shape index (κ1) is 20.5. The van der Waals surface area contributed by atoms with Gasteiger partial charge in [0, 0.05) is 42.5 Å². The second-order valence-corrected chi connectivity index (χ2v) is 7.60. The van der Waals surface area contributed by atoms with Crippen LogP contribution in [0.2, 0.25) is 5.02 Å². The molecule has 3 rings (SSSR count). The Kier molecular flexibility index (Phi) is 7.18.